The van der Waals surface area contributed by atoms with Gasteiger partial charge in [-0.3, -0.25) is 9.59 Å². The molecule has 2 amide bonds. The van der Waals surface area contributed by atoms with Crippen molar-refractivity contribution in [2.75, 3.05) is 26.4 Å². The number of nitrogens with zero attached hydrogens (tertiary/aromatic N) is 1. The second-order valence-corrected chi connectivity index (χ2v) is 9.23. The third kappa shape index (κ3) is 7.25. The molecular weight excluding hydrogens is 466 g/mol. The lowest BCUT2D eigenvalue weighted by molar-refractivity contribution is -0.143. The van der Waals surface area contributed by atoms with Crippen LogP contribution in [0.5, 0.6) is 0 Å². The molecule has 1 saturated heterocycles. The van der Waals surface area contributed by atoms with Gasteiger partial charge in [0.05, 0.1) is 38.4 Å². The van der Waals surface area contributed by atoms with Crippen LogP contribution in [0.4, 0.5) is 4.79 Å². The van der Waals surface area contributed by atoms with Crippen LogP contribution in [0.15, 0.2) is 54.3 Å². The molecule has 196 valence electrons. The van der Waals surface area contributed by atoms with Crippen molar-refractivity contribution < 1.29 is 38.4 Å². The summed E-state index contributed by atoms with van der Waals surface area (Å²) in [6, 6.07) is 9.31. The van der Waals surface area contributed by atoms with E-state index in [1.54, 1.807) is 19.1 Å². The molecular formula is C27H35NO8. The molecule has 0 unspecified atom stereocenters. The van der Waals surface area contributed by atoms with E-state index < -0.39 is 30.1 Å². The van der Waals surface area contributed by atoms with E-state index in [4.69, 9.17) is 18.9 Å². The van der Waals surface area contributed by atoms with E-state index in [1.807, 2.05) is 44.2 Å². The summed E-state index contributed by atoms with van der Waals surface area (Å²) in [7, 11) is 0. The van der Waals surface area contributed by atoms with Crippen molar-refractivity contribution in [2.45, 2.75) is 52.0 Å². The average Bonchev–Trinajstić information content (AvgIpc) is 3.28. The van der Waals surface area contributed by atoms with Gasteiger partial charge in [-0.2, -0.15) is 0 Å². The van der Waals surface area contributed by atoms with E-state index in [9.17, 15) is 19.5 Å². The number of hydrogen-bond donors (Lipinski definition) is 1. The van der Waals surface area contributed by atoms with Crippen molar-refractivity contribution in [2.24, 2.45) is 11.8 Å². The third-order valence-electron chi connectivity index (χ3n) is 6.16. The van der Waals surface area contributed by atoms with Crippen molar-refractivity contribution in [3.63, 3.8) is 0 Å². The van der Waals surface area contributed by atoms with Gasteiger partial charge in [0.15, 0.2) is 11.9 Å². The van der Waals surface area contributed by atoms with Gasteiger partial charge in [-0.1, -0.05) is 44.2 Å². The van der Waals surface area contributed by atoms with Crippen molar-refractivity contribution in [1.82, 2.24) is 4.90 Å². The number of hydrogen-bond acceptors (Lipinski definition) is 8. The minimum Gasteiger partial charge on any atom is -0.482 e. The highest BCUT2D eigenvalue weighted by Gasteiger charge is 2.44. The molecule has 2 aliphatic rings. The number of ketones is 1. The summed E-state index contributed by atoms with van der Waals surface area (Å²) < 4.78 is 22.2. The standard InChI is InChI=1S/C27H35NO8/c1-18(2)23-17-35-27(32)28(23)26(31)19(3)25-24(30)12-11-21(36-25)10-7-13-33-16-22(14-29)34-15-20-8-5-4-6-9-20/h4-6,8-12,18-19,22-23,25,29H,7,13-17H2,1-3H3/t19-,22+,23+,25+/m0/s1. The molecule has 2 aliphatic heterocycles. The van der Waals surface area contributed by atoms with Gasteiger partial charge >= 0.3 is 6.09 Å². The van der Waals surface area contributed by atoms with Crippen LogP contribution in [0.1, 0.15) is 32.8 Å². The first kappa shape index (κ1) is 27.6. The smallest absolute Gasteiger partial charge is 0.416 e. The maximum absolute atomic E-state index is 13.1. The highest BCUT2D eigenvalue weighted by Crippen LogP contribution is 2.26. The molecule has 0 radical (unpaired) electrons. The predicted octanol–water partition coefficient (Wildman–Crippen LogP) is 3.02. The maximum atomic E-state index is 13.1. The highest BCUT2D eigenvalue weighted by atomic mass is 16.6. The molecule has 1 aromatic rings. The molecule has 36 heavy (non-hydrogen) atoms. The summed E-state index contributed by atoms with van der Waals surface area (Å²) in [6.45, 7) is 6.36. The van der Waals surface area contributed by atoms with Crippen molar-refractivity contribution in [3.05, 3.63) is 59.9 Å². The Balaban J connectivity index is 1.47. The van der Waals surface area contributed by atoms with Gasteiger partial charge in [0.1, 0.15) is 18.5 Å². The Labute approximate surface area is 211 Å². The predicted molar refractivity (Wildman–Crippen MR) is 131 cm³/mol. The van der Waals surface area contributed by atoms with E-state index in [0.29, 0.717) is 25.4 Å². The highest BCUT2D eigenvalue weighted by molar-refractivity contribution is 6.01. The lowest BCUT2D eigenvalue weighted by Crippen LogP contribution is -2.48. The lowest BCUT2D eigenvalue weighted by atomic mass is 9.95. The van der Waals surface area contributed by atoms with Crippen LogP contribution in [0.3, 0.4) is 0 Å². The normalized spacial score (nSPS) is 22.6. The van der Waals surface area contributed by atoms with Gasteiger partial charge in [0.25, 0.3) is 0 Å². The first-order chi connectivity index (χ1) is 17.3. The molecule has 0 aliphatic carbocycles. The number of imide groups is 1. The molecule has 1 aromatic carbocycles. The number of carbonyl (C=O) groups excluding carboxylic acids is 3. The third-order valence-corrected chi connectivity index (χ3v) is 6.16. The summed E-state index contributed by atoms with van der Waals surface area (Å²) in [5, 5.41) is 9.52. The quantitative estimate of drug-likeness (QED) is 0.435. The second kappa shape index (κ2) is 13.3. The van der Waals surface area contributed by atoms with Crippen molar-refractivity contribution in [3.8, 4) is 0 Å². The Hall–Kier alpha value is -3.01. The number of benzene rings is 1. The molecule has 3 rings (SSSR count). The number of amides is 2. The monoisotopic (exact) mass is 501 g/mol. The van der Waals surface area contributed by atoms with Crippen LogP contribution in [-0.4, -0.2) is 72.5 Å². The molecule has 9 nitrogen and oxygen atoms in total. The lowest BCUT2D eigenvalue weighted by Gasteiger charge is -2.30. The van der Waals surface area contributed by atoms with Gasteiger partial charge < -0.3 is 24.1 Å². The minimum atomic E-state index is -1.03. The Morgan fingerprint density at radius 1 is 1.19 bits per heavy atom. The molecule has 0 saturated carbocycles. The fourth-order valence-electron chi connectivity index (χ4n) is 3.94. The molecule has 9 heteroatoms. The van der Waals surface area contributed by atoms with Crippen LogP contribution < -0.4 is 0 Å². The largest absolute Gasteiger partial charge is 0.482 e. The zero-order valence-corrected chi connectivity index (χ0v) is 21.0. The van der Waals surface area contributed by atoms with Crippen LogP contribution in [0.2, 0.25) is 0 Å². The summed E-state index contributed by atoms with van der Waals surface area (Å²) in [4.78, 5) is 38.8. The molecule has 0 aromatic heterocycles. The Bertz CT molecular complexity index is 958. The number of aliphatic hydroxyl groups excluding tert-OH is 1. The van der Waals surface area contributed by atoms with Gasteiger partial charge in [-0.15, -0.1) is 0 Å². The Morgan fingerprint density at radius 3 is 2.64 bits per heavy atom. The SMILES string of the molecule is CC(C)[C@H]1COC(=O)N1C(=O)[C@@H](C)[C@H]1OC(=CCCOC[C@@H](CO)OCc2ccccc2)C=CC1=O. The van der Waals surface area contributed by atoms with Crippen LogP contribution in [0, 0.1) is 11.8 Å². The fraction of sp³-hybridized carbons (Fsp3) is 0.519. The summed E-state index contributed by atoms with van der Waals surface area (Å²) in [5.74, 6) is -1.20. The van der Waals surface area contributed by atoms with E-state index in [2.05, 4.69) is 0 Å². The van der Waals surface area contributed by atoms with Gasteiger partial charge in [-0.05, 0) is 43.1 Å². The molecule has 0 spiro atoms. The molecule has 1 N–H and O–H groups in total. The van der Waals surface area contributed by atoms with E-state index in [0.717, 1.165) is 10.5 Å². The fourth-order valence-corrected chi connectivity index (χ4v) is 3.94. The second-order valence-electron chi connectivity index (χ2n) is 9.23. The number of rotatable bonds is 12. The zero-order chi connectivity index (χ0) is 26.1. The van der Waals surface area contributed by atoms with Crippen molar-refractivity contribution >= 4 is 17.8 Å². The van der Waals surface area contributed by atoms with Gasteiger partial charge in [0, 0.05) is 0 Å². The van der Waals surface area contributed by atoms with Gasteiger partial charge in [0.2, 0.25) is 5.91 Å². The van der Waals surface area contributed by atoms with Gasteiger partial charge in [-0.25, -0.2) is 9.69 Å². The number of aliphatic hydroxyl groups is 1. The average molecular weight is 502 g/mol. The van der Waals surface area contributed by atoms with Crippen LogP contribution >= 0.6 is 0 Å². The summed E-state index contributed by atoms with van der Waals surface area (Å²) in [6.07, 6.45) is 3.04. The molecule has 1 fully saturated rings. The zero-order valence-electron chi connectivity index (χ0n) is 21.0. The number of allylic oxidation sites excluding steroid dienone is 1. The van der Waals surface area contributed by atoms with Crippen LogP contribution in [-0.2, 0) is 35.1 Å². The number of carbonyl (C=O) groups is 3. The van der Waals surface area contributed by atoms with E-state index in [-0.39, 0.29) is 37.6 Å². The topological polar surface area (TPSA) is 112 Å². The van der Waals surface area contributed by atoms with Crippen LogP contribution in [0.25, 0.3) is 0 Å². The summed E-state index contributed by atoms with van der Waals surface area (Å²) >= 11 is 0. The van der Waals surface area contributed by atoms with Crippen molar-refractivity contribution in [1.29, 1.82) is 0 Å². The number of ether oxygens (including phenoxy) is 4. The Kier molecular flexibility index (Phi) is 10.2. The first-order valence-electron chi connectivity index (χ1n) is 12.2. The minimum absolute atomic E-state index is 0.0279. The van der Waals surface area contributed by atoms with E-state index >= 15 is 0 Å². The first-order valence-corrected chi connectivity index (χ1v) is 12.2. The molecule has 4 atom stereocenters. The number of cyclic esters (lactones) is 1. The van der Waals surface area contributed by atoms with E-state index in [1.165, 1.54) is 6.08 Å². The molecule has 2 heterocycles. The summed E-state index contributed by atoms with van der Waals surface area (Å²) in [5.41, 5.74) is 1.01. The molecule has 0 bridgehead atoms. The Morgan fingerprint density at radius 2 is 1.94 bits per heavy atom. The maximum Gasteiger partial charge on any atom is 0.416 e.